The van der Waals surface area contributed by atoms with Crippen molar-refractivity contribution >= 4 is 22.5 Å². The first-order chi connectivity index (χ1) is 16.2. The van der Waals surface area contributed by atoms with Crippen molar-refractivity contribution in [3.8, 4) is 34.4 Å². The van der Waals surface area contributed by atoms with Crippen molar-refractivity contribution in [1.29, 1.82) is 0 Å². The average Bonchev–Trinajstić information content (AvgIpc) is 3.35. The van der Waals surface area contributed by atoms with Gasteiger partial charge in [-0.1, -0.05) is 29.4 Å². The van der Waals surface area contributed by atoms with Crippen LogP contribution in [-0.2, 0) is 0 Å². The Labute approximate surface area is 194 Å². The molecule has 7 nitrogen and oxygen atoms in total. The Morgan fingerprint density at radius 3 is 2.55 bits per heavy atom. The van der Waals surface area contributed by atoms with Crippen molar-refractivity contribution in [3.63, 3.8) is 0 Å². The highest BCUT2D eigenvalue weighted by molar-refractivity contribution is 7.98. The zero-order valence-electron chi connectivity index (χ0n) is 18.1. The minimum absolute atomic E-state index is 0.209. The van der Waals surface area contributed by atoms with E-state index < -0.39 is 0 Å². The van der Waals surface area contributed by atoms with E-state index in [4.69, 9.17) is 9.26 Å². The van der Waals surface area contributed by atoms with Gasteiger partial charge in [0.25, 0.3) is 11.4 Å². The van der Waals surface area contributed by atoms with Crippen LogP contribution in [0.15, 0.2) is 87.0 Å². The Kier molecular flexibility index (Phi) is 5.66. The third kappa shape index (κ3) is 4.01. The molecule has 3 aromatic carbocycles. The molecule has 2 heterocycles. The van der Waals surface area contributed by atoms with Crippen LogP contribution in [0.1, 0.15) is 6.92 Å². The van der Waals surface area contributed by atoms with Gasteiger partial charge in [0.2, 0.25) is 5.82 Å². The minimum Gasteiger partial charge on any atom is -0.494 e. The number of rotatable bonds is 6. The number of fused-ring (bicyclic) bond motifs is 1. The Bertz CT molecular complexity index is 1490. The number of benzene rings is 3. The van der Waals surface area contributed by atoms with Gasteiger partial charge in [-0.2, -0.15) is 14.8 Å². The first-order valence-corrected chi connectivity index (χ1v) is 11.6. The molecule has 0 bridgehead atoms. The Hall–Kier alpha value is -3.91. The number of hydrogen-bond acceptors (Lipinski definition) is 7. The first-order valence-electron chi connectivity index (χ1n) is 10.4. The maximum absolute atomic E-state index is 13.2. The third-order valence-corrected chi connectivity index (χ3v) is 5.88. The van der Waals surface area contributed by atoms with E-state index in [1.54, 1.807) is 17.8 Å². The number of nitrogens with zero attached hydrogens (tertiary/aromatic N) is 4. The number of thioether (sulfide) groups is 1. The molecular formula is C25H20N4O3S. The monoisotopic (exact) mass is 456 g/mol. The van der Waals surface area contributed by atoms with Crippen LogP contribution in [0.25, 0.3) is 39.4 Å². The van der Waals surface area contributed by atoms with Gasteiger partial charge in [0, 0.05) is 15.8 Å². The van der Waals surface area contributed by atoms with Crippen LogP contribution in [0.4, 0.5) is 0 Å². The van der Waals surface area contributed by atoms with E-state index in [0.717, 1.165) is 16.2 Å². The van der Waals surface area contributed by atoms with Crippen molar-refractivity contribution < 1.29 is 9.26 Å². The molecule has 8 heteroatoms. The summed E-state index contributed by atoms with van der Waals surface area (Å²) in [6.45, 7) is 2.54. The highest BCUT2D eigenvalue weighted by Gasteiger charge is 2.19. The van der Waals surface area contributed by atoms with Crippen molar-refractivity contribution in [2.24, 2.45) is 0 Å². The Balaban J connectivity index is 1.64. The number of aromatic nitrogens is 4. The summed E-state index contributed by atoms with van der Waals surface area (Å²) in [6, 6.07) is 22.4. The molecular weight excluding hydrogens is 436 g/mol. The zero-order chi connectivity index (χ0) is 22.8. The minimum atomic E-state index is -0.209. The molecule has 0 amide bonds. The second-order valence-corrected chi connectivity index (χ2v) is 8.07. The largest absolute Gasteiger partial charge is 0.494 e. The third-order valence-electron chi connectivity index (χ3n) is 5.15. The molecule has 0 unspecified atom stereocenters. The van der Waals surface area contributed by atoms with Crippen molar-refractivity contribution in [2.45, 2.75) is 11.8 Å². The summed E-state index contributed by atoms with van der Waals surface area (Å²) in [5.41, 5.74) is 1.70. The summed E-state index contributed by atoms with van der Waals surface area (Å²) in [4.78, 5) is 18.8. The highest BCUT2D eigenvalue weighted by Crippen LogP contribution is 2.27. The van der Waals surface area contributed by atoms with Crippen LogP contribution in [0, 0.1) is 0 Å². The summed E-state index contributed by atoms with van der Waals surface area (Å²) in [5, 5.41) is 9.96. The van der Waals surface area contributed by atoms with Crippen molar-refractivity contribution in [1.82, 2.24) is 19.9 Å². The maximum Gasteiger partial charge on any atom is 0.279 e. The predicted octanol–water partition coefficient (Wildman–Crippen LogP) is 5.22. The summed E-state index contributed by atoms with van der Waals surface area (Å²) in [5.74, 6) is 1.45. The lowest BCUT2D eigenvalue weighted by molar-refractivity contribution is 0.340. The molecule has 5 aromatic rings. The zero-order valence-corrected chi connectivity index (χ0v) is 18.9. The smallest absolute Gasteiger partial charge is 0.279 e. The van der Waals surface area contributed by atoms with Gasteiger partial charge in [0.15, 0.2) is 5.69 Å². The molecule has 0 saturated carbocycles. The standard InChI is InChI=1S/C25H20N4O3S/c1-3-31-18-13-11-16(12-14-18)23-26-24(32-28-23)22-20-9-4-5-10-21(20)25(30)29(27-22)17-7-6-8-19(15-17)33-2/h4-15H,3H2,1-2H3. The lowest BCUT2D eigenvalue weighted by Crippen LogP contribution is -2.22. The number of hydrogen-bond donors (Lipinski definition) is 0. The van der Waals surface area contributed by atoms with E-state index >= 15 is 0 Å². The fourth-order valence-electron chi connectivity index (χ4n) is 3.57. The lowest BCUT2D eigenvalue weighted by Gasteiger charge is -2.10. The van der Waals surface area contributed by atoms with Crippen LogP contribution in [0.2, 0.25) is 0 Å². The molecule has 0 spiro atoms. The lowest BCUT2D eigenvalue weighted by atomic mass is 10.1. The molecule has 2 aromatic heterocycles. The van der Waals surface area contributed by atoms with Gasteiger partial charge in [0.05, 0.1) is 17.7 Å². The SMILES string of the molecule is CCOc1ccc(-c2noc(-c3nn(-c4cccc(SC)c4)c(=O)c4ccccc34)n2)cc1. The van der Waals surface area contributed by atoms with Crippen LogP contribution < -0.4 is 10.3 Å². The normalized spacial score (nSPS) is 11.1. The van der Waals surface area contributed by atoms with Gasteiger partial charge in [-0.25, -0.2) is 0 Å². The molecule has 0 fully saturated rings. The molecule has 164 valence electrons. The highest BCUT2D eigenvalue weighted by atomic mass is 32.2. The van der Waals surface area contributed by atoms with E-state index in [1.807, 2.05) is 79.9 Å². The first kappa shape index (κ1) is 21.0. The topological polar surface area (TPSA) is 83.0 Å². The van der Waals surface area contributed by atoms with E-state index in [-0.39, 0.29) is 11.4 Å². The molecule has 0 radical (unpaired) electrons. The van der Waals surface area contributed by atoms with Crippen molar-refractivity contribution in [3.05, 3.63) is 83.2 Å². The summed E-state index contributed by atoms with van der Waals surface area (Å²) in [7, 11) is 0. The Morgan fingerprint density at radius 2 is 1.79 bits per heavy atom. The summed E-state index contributed by atoms with van der Waals surface area (Å²) < 4.78 is 12.5. The molecule has 5 rings (SSSR count). The van der Waals surface area contributed by atoms with Gasteiger partial charge >= 0.3 is 0 Å². The molecule has 0 atom stereocenters. The molecule has 0 N–H and O–H groups in total. The van der Waals surface area contributed by atoms with E-state index in [2.05, 4.69) is 15.2 Å². The van der Waals surface area contributed by atoms with E-state index in [9.17, 15) is 4.79 Å². The summed E-state index contributed by atoms with van der Waals surface area (Å²) >= 11 is 1.60. The maximum atomic E-state index is 13.2. The second-order valence-electron chi connectivity index (χ2n) is 7.19. The predicted molar refractivity (Wildman–Crippen MR) is 129 cm³/mol. The van der Waals surface area contributed by atoms with Crippen LogP contribution in [-0.4, -0.2) is 32.8 Å². The molecule has 0 aliphatic rings. The van der Waals surface area contributed by atoms with E-state index in [0.29, 0.717) is 34.6 Å². The Morgan fingerprint density at radius 1 is 1.00 bits per heavy atom. The van der Waals surface area contributed by atoms with Crippen LogP contribution >= 0.6 is 11.8 Å². The second kappa shape index (κ2) is 8.91. The van der Waals surface area contributed by atoms with Crippen molar-refractivity contribution in [2.75, 3.05) is 12.9 Å². The summed E-state index contributed by atoms with van der Waals surface area (Å²) in [6.07, 6.45) is 1.99. The van der Waals surface area contributed by atoms with Crippen LogP contribution in [0.5, 0.6) is 5.75 Å². The fraction of sp³-hybridized carbons (Fsp3) is 0.120. The van der Waals surface area contributed by atoms with Gasteiger partial charge in [-0.05, 0) is 61.7 Å². The van der Waals surface area contributed by atoms with E-state index in [1.165, 1.54) is 4.68 Å². The van der Waals surface area contributed by atoms with Gasteiger partial charge in [-0.15, -0.1) is 11.8 Å². The molecule has 0 aliphatic carbocycles. The molecule has 0 aliphatic heterocycles. The van der Waals surface area contributed by atoms with Gasteiger partial charge < -0.3 is 9.26 Å². The average molecular weight is 457 g/mol. The van der Waals surface area contributed by atoms with Gasteiger partial charge in [-0.3, -0.25) is 4.79 Å². The fourth-order valence-corrected chi connectivity index (χ4v) is 4.02. The number of ether oxygens (including phenoxy) is 1. The molecule has 0 saturated heterocycles. The van der Waals surface area contributed by atoms with Crippen LogP contribution in [0.3, 0.4) is 0 Å². The quantitative estimate of drug-likeness (QED) is 0.324. The molecule has 33 heavy (non-hydrogen) atoms. The van der Waals surface area contributed by atoms with Gasteiger partial charge in [0.1, 0.15) is 5.75 Å².